The Morgan fingerprint density at radius 3 is 2.54 bits per heavy atom. The molecule has 0 radical (unpaired) electrons. The summed E-state index contributed by atoms with van der Waals surface area (Å²) in [6.45, 7) is 5.52. The van der Waals surface area contributed by atoms with Gasteiger partial charge in [-0.15, -0.1) is 0 Å². The SMILES string of the molecule is CC(C)(C)OC(=O)/C=C/c1cc2ccccc2n1-c1ncccn1. The van der Waals surface area contributed by atoms with Crippen LogP contribution >= 0.6 is 0 Å². The highest BCUT2D eigenvalue weighted by Crippen LogP contribution is 2.23. The zero-order valence-corrected chi connectivity index (χ0v) is 13.9. The number of aromatic nitrogens is 3. The molecule has 0 N–H and O–H groups in total. The van der Waals surface area contributed by atoms with Gasteiger partial charge in [-0.2, -0.15) is 0 Å². The maximum atomic E-state index is 11.9. The molecule has 0 unspecified atom stereocenters. The van der Waals surface area contributed by atoms with Gasteiger partial charge in [0.15, 0.2) is 0 Å². The van der Waals surface area contributed by atoms with E-state index in [-0.39, 0.29) is 5.97 Å². The highest BCUT2D eigenvalue weighted by molar-refractivity contribution is 5.90. The minimum Gasteiger partial charge on any atom is -0.457 e. The Morgan fingerprint density at radius 1 is 1.12 bits per heavy atom. The van der Waals surface area contributed by atoms with Crippen LogP contribution in [0.5, 0.6) is 0 Å². The third-order valence-corrected chi connectivity index (χ3v) is 3.29. The van der Waals surface area contributed by atoms with E-state index in [0.717, 1.165) is 16.6 Å². The molecule has 5 heteroatoms. The lowest BCUT2D eigenvalue weighted by atomic mass is 10.2. The average molecular weight is 321 g/mol. The van der Waals surface area contributed by atoms with Crippen molar-refractivity contribution in [1.29, 1.82) is 0 Å². The van der Waals surface area contributed by atoms with Crippen molar-refractivity contribution >= 4 is 22.9 Å². The summed E-state index contributed by atoms with van der Waals surface area (Å²) < 4.78 is 7.23. The first-order chi connectivity index (χ1) is 11.4. The predicted molar refractivity (Wildman–Crippen MR) is 93.7 cm³/mol. The molecule has 0 bridgehead atoms. The number of ether oxygens (including phenoxy) is 1. The number of rotatable bonds is 3. The summed E-state index contributed by atoms with van der Waals surface area (Å²) >= 11 is 0. The van der Waals surface area contributed by atoms with Gasteiger partial charge in [-0.3, -0.25) is 4.57 Å². The molecule has 122 valence electrons. The molecule has 2 aromatic heterocycles. The molecule has 2 heterocycles. The van der Waals surface area contributed by atoms with E-state index < -0.39 is 5.60 Å². The van der Waals surface area contributed by atoms with Crippen LogP contribution in [0.25, 0.3) is 22.9 Å². The van der Waals surface area contributed by atoms with E-state index in [1.165, 1.54) is 6.08 Å². The lowest BCUT2D eigenvalue weighted by Crippen LogP contribution is -2.22. The Bertz CT molecular complexity index is 890. The van der Waals surface area contributed by atoms with E-state index in [4.69, 9.17) is 4.74 Å². The van der Waals surface area contributed by atoms with Gasteiger partial charge in [-0.25, -0.2) is 14.8 Å². The molecular weight excluding hydrogens is 302 g/mol. The molecule has 0 atom stereocenters. The van der Waals surface area contributed by atoms with Crippen molar-refractivity contribution in [1.82, 2.24) is 14.5 Å². The summed E-state index contributed by atoms with van der Waals surface area (Å²) in [6, 6.07) is 11.7. The fourth-order valence-corrected chi connectivity index (χ4v) is 2.42. The van der Waals surface area contributed by atoms with Gasteiger partial charge in [-0.1, -0.05) is 18.2 Å². The van der Waals surface area contributed by atoms with Crippen molar-refractivity contribution in [3.8, 4) is 5.95 Å². The minimum atomic E-state index is -0.517. The Morgan fingerprint density at radius 2 is 1.83 bits per heavy atom. The molecule has 3 aromatic rings. The maximum Gasteiger partial charge on any atom is 0.331 e. The third kappa shape index (κ3) is 3.51. The smallest absolute Gasteiger partial charge is 0.331 e. The number of hydrogen-bond donors (Lipinski definition) is 0. The molecule has 0 aliphatic carbocycles. The Balaban J connectivity index is 2.03. The van der Waals surface area contributed by atoms with E-state index in [1.54, 1.807) is 24.5 Å². The van der Waals surface area contributed by atoms with E-state index in [0.29, 0.717) is 5.95 Å². The fourth-order valence-electron chi connectivity index (χ4n) is 2.42. The number of benzene rings is 1. The van der Waals surface area contributed by atoms with Crippen LogP contribution in [-0.2, 0) is 9.53 Å². The zero-order chi connectivity index (χ0) is 17.2. The van der Waals surface area contributed by atoms with E-state index >= 15 is 0 Å². The molecule has 0 spiro atoms. The van der Waals surface area contributed by atoms with Crippen LogP contribution in [0.2, 0.25) is 0 Å². The molecule has 1 aromatic carbocycles. The van der Waals surface area contributed by atoms with E-state index in [9.17, 15) is 4.79 Å². The van der Waals surface area contributed by atoms with Gasteiger partial charge in [0.05, 0.1) is 11.2 Å². The van der Waals surface area contributed by atoms with Crippen molar-refractivity contribution in [3.05, 3.63) is 60.6 Å². The van der Waals surface area contributed by atoms with Gasteiger partial charge in [0, 0.05) is 23.9 Å². The molecule has 24 heavy (non-hydrogen) atoms. The van der Waals surface area contributed by atoms with Gasteiger partial charge in [0.2, 0.25) is 5.95 Å². The average Bonchev–Trinajstić information content (AvgIpc) is 2.90. The molecule has 0 amide bonds. The lowest BCUT2D eigenvalue weighted by molar-refractivity contribution is -0.148. The van der Waals surface area contributed by atoms with E-state index in [1.807, 2.05) is 55.7 Å². The molecule has 3 rings (SSSR count). The normalized spacial score (nSPS) is 12.0. The second kappa shape index (κ2) is 6.28. The van der Waals surface area contributed by atoms with Gasteiger partial charge < -0.3 is 4.74 Å². The highest BCUT2D eigenvalue weighted by Gasteiger charge is 2.15. The minimum absolute atomic E-state index is 0.381. The molecule has 0 fully saturated rings. The van der Waals surface area contributed by atoms with Crippen molar-refractivity contribution < 1.29 is 9.53 Å². The molecule has 5 nitrogen and oxygen atoms in total. The van der Waals surface area contributed by atoms with Crippen molar-refractivity contribution in [2.45, 2.75) is 26.4 Å². The topological polar surface area (TPSA) is 57.0 Å². The van der Waals surface area contributed by atoms with Crippen LogP contribution in [-0.4, -0.2) is 26.1 Å². The maximum absolute atomic E-state index is 11.9. The first-order valence-electron chi connectivity index (χ1n) is 7.73. The quantitative estimate of drug-likeness (QED) is 0.544. The summed E-state index contributed by atoms with van der Waals surface area (Å²) in [4.78, 5) is 20.6. The van der Waals surface area contributed by atoms with Gasteiger partial charge >= 0.3 is 5.97 Å². The fraction of sp³-hybridized carbons (Fsp3) is 0.211. The zero-order valence-electron chi connectivity index (χ0n) is 13.9. The largest absolute Gasteiger partial charge is 0.457 e. The summed E-state index contributed by atoms with van der Waals surface area (Å²) in [5.74, 6) is 0.177. The first-order valence-corrected chi connectivity index (χ1v) is 7.73. The van der Waals surface area contributed by atoms with Gasteiger partial charge in [-0.05, 0) is 45.0 Å². The van der Waals surface area contributed by atoms with Crippen molar-refractivity contribution in [2.24, 2.45) is 0 Å². The van der Waals surface area contributed by atoms with Crippen LogP contribution in [0.3, 0.4) is 0 Å². The number of hydrogen-bond acceptors (Lipinski definition) is 4. The summed E-state index contributed by atoms with van der Waals surface area (Å²) in [5.41, 5.74) is 1.28. The van der Waals surface area contributed by atoms with Crippen LogP contribution in [0.1, 0.15) is 26.5 Å². The van der Waals surface area contributed by atoms with E-state index in [2.05, 4.69) is 9.97 Å². The highest BCUT2D eigenvalue weighted by atomic mass is 16.6. The van der Waals surface area contributed by atoms with Crippen LogP contribution < -0.4 is 0 Å². The number of carbonyl (C=O) groups excluding carboxylic acids is 1. The van der Waals surface area contributed by atoms with Crippen LogP contribution in [0.15, 0.2) is 54.9 Å². The molecule has 0 saturated heterocycles. The summed E-state index contributed by atoms with van der Waals surface area (Å²) in [5, 5.41) is 1.05. The Kier molecular flexibility index (Phi) is 4.16. The standard InChI is InChI=1S/C19H19N3O2/c1-19(2,3)24-17(23)10-9-15-13-14-7-4-5-8-16(14)22(15)18-20-11-6-12-21-18/h4-13H,1-3H3/b10-9+. The summed E-state index contributed by atoms with van der Waals surface area (Å²) in [7, 11) is 0. The number of para-hydroxylation sites is 1. The van der Waals surface area contributed by atoms with Gasteiger partial charge in [0.25, 0.3) is 0 Å². The molecule has 0 saturated carbocycles. The number of nitrogens with zero attached hydrogens (tertiary/aromatic N) is 3. The first kappa shape index (κ1) is 15.9. The summed E-state index contributed by atoms with van der Waals surface area (Å²) in [6.07, 6.45) is 6.54. The third-order valence-electron chi connectivity index (χ3n) is 3.29. The van der Waals surface area contributed by atoms with Gasteiger partial charge in [0.1, 0.15) is 5.60 Å². The number of carbonyl (C=O) groups is 1. The molecule has 0 aliphatic rings. The lowest BCUT2D eigenvalue weighted by Gasteiger charge is -2.17. The van der Waals surface area contributed by atoms with Crippen molar-refractivity contribution in [2.75, 3.05) is 0 Å². The molecule has 0 aliphatic heterocycles. The van der Waals surface area contributed by atoms with Crippen LogP contribution in [0.4, 0.5) is 0 Å². The molecular formula is C19H19N3O2. The predicted octanol–water partition coefficient (Wildman–Crippen LogP) is 3.78. The van der Waals surface area contributed by atoms with Crippen molar-refractivity contribution in [3.63, 3.8) is 0 Å². The van der Waals surface area contributed by atoms with Crippen LogP contribution in [0, 0.1) is 0 Å². The Labute approximate surface area is 140 Å². The number of esters is 1. The number of fused-ring (bicyclic) bond motifs is 1. The second-order valence-corrected chi connectivity index (χ2v) is 6.38. The monoisotopic (exact) mass is 321 g/mol. The second-order valence-electron chi connectivity index (χ2n) is 6.38. The Hall–Kier alpha value is -2.95.